The fourth-order valence-corrected chi connectivity index (χ4v) is 4.96. The highest BCUT2D eigenvalue weighted by Gasteiger charge is 2.62. The Morgan fingerprint density at radius 3 is 1.87 bits per heavy atom. The Morgan fingerprint density at radius 2 is 1.27 bits per heavy atom. The summed E-state index contributed by atoms with van der Waals surface area (Å²) in [5.41, 5.74) is 1.01. The van der Waals surface area contributed by atoms with Crippen LogP contribution in [0.2, 0.25) is 0 Å². The second-order valence-corrected chi connectivity index (χ2v) is 7.86. The van der Waals surface area contributed by atoms with Gasteiger partial charge in [-0.05, 0) is 12.1 Å². The zero-order chi connectivity index (χ0) is 20.7. The molecule has 0 bridgehead atoms. The van der Waals surface area contributed by atoms with E-state index in [0.29, 0.717) is 43.0 Å². The van der Waals surface area contributed by atoms with Crippen LogP contribution in [0.5, 0.6) is 0 Å². The molecule has 0 radical (unpaired) electrons. The first-order chi connectivity index (χ1) is 14.6. The molecule has 1 aliphatic carbocycles. The highest BCUT2D eigenvalue weighted by atomic mass is 19.1. The molecule has 1 fully saturated rings. The van der Waals surface area contributed by atoms with E-state index >= 15 is 0 Å². The number of quaternary nitrogens is 1. The monoisotopic (exact) mass is 401 g/mol. The Bertz CT molecular complexity index is 1090. The first kappa shape index (κ1) is 18.7. The Hall–Kier alpha value is -3.31. The van der Waals surface area contributed by atoms with Gasteiger partial charge in [0.2, 0.25) is 11.6 Å². The van der Waals surface area contributed by atoms with Crippen LogP contribution in [0.3, 0.4) is 0 Å². The molecule has 0 unspecified atom stereocenters. The number of nitrogens with zero attached hydrogens (tertiary/aromatic N) is 1. The number of halogens is 1. The number of hydrogen-bond acceptors (Lipinski definition) is 3. The molecule has 2 aliphatic rings. The summed E-state index contributed by atoms with van der Waals surface area (Å²) in [5.74, 6) is -0.522. The van der Waals surface area contributed by atoms with Gasteiger partial charge in [0.15, 0.2) is 0 Å². The van der Waals surface area contributed by atoms with Gasteiger partial charge in [0, 0.05) is 16.7 Å². The lowest BCUT2D eigenvalue weighted by atomic mass is 9.82. The van der Waals surface area contributed by atoms with Crippen LogP contribution in [0, 0.1) is 5.82 Å². The quantitative estimate of drug-likeness (QED) is 0.686. The molecule has 0 atom stereocenters. The number of Topliss-reactive ketones (excluding diaryl/α,β-unsaturated/α-hetero) is 2. The van der Waals surface area contributed by atoms with Crippen LogP contribution in [0.1, 0.15) is 26.3 Å². The average molecular weight is 401 g/mol. The molecule has 0 spiro atoms. The largest absolute Gasteiger partial charge is 0.358 e. The van der Waals surface area contributed by atoms with Crippen molar-refractivity contribution in [3.63, 3.8) is 0 Å². The molecule has 4 nitrogen and oxygen atoms in total. The van der Waals surface area contributed by atoms with Gasteiger partial charge < -0.3 is 9.80 Å². The van der Waals surface area contributed by atoms with E-state index in [1.54, 1.807) is 36.4 Å². The average Bonchev–Trinajstić information content (AvgIpc) is 3.03. The zero-order valence-electron chi connectivity index (χ0n) is 16.5. The summed E-state index contributed by atoms with van der Waals surface area (Å²) in [6.45, 7) is 2.27. The first-order valence-corrected chi connectivity index (χ1v) is 10.2. The number of benzene rings is 3. The number of ketones is 2. The van der Waals surface area contributed by atoms with Crippen molar-refractivity contribution in [3.05, 3.63) is 101 Å². The highest BCUT2D eigenvalue weighted by Crippen LogP contribution is 2.36. The van der Waals surface area contributed by atoms with Crippen molar-refractivity contribution in [2.24, 2.45) is 0 Å². The number of fused-ring (bicyclic) bond motifs is 1. The summed E-state index contributed by atoms with van der Waals surface area (Å²) in [5, 5.41) is 0. The summed E-state index contributed by atoms with van der Waals surface area (Å²) in [4.78, 5) is 30.4. The van der Waals surface area contributed by atoms with Gasteiger partial charge in [-0.15, -0.1) is 0 Å². The van der Waals surface area contributed by atoms with E-state index in [1.807, 2.05) is 41.3 Å². The van der Waals surface area contributed by atoms with Crippen LogP contribution in [0.25, 0.3) is 0 Å². The van der Waals surface area contributed by atoms with Crippen LogP contribution in [-0.4, -0.2) is 37.7 Å². The second kappa shape index (κ2) is 7.18. The van der Waals surface area contributed by atoms with Gasteiger partial charge in [-0.1, -0.05) is 66.7 Å². The van der Waals surface area contributed by atoms with E-state index in [-0.39, 0.29) is 17.4 Å². The molecular formula is C25H22FN2O2+. The van der Waals surface area contributed by atoms with E-state index < -0.39 is 5.54 Å². The Balaban J connectivity index is 1.54. The molecule has 3 aromatic carbocycles. The lowest BCUT2D eigenvalue weighted by molar-refractivity contribution is -0.938. The Labute approximate surface area is 174 Å². The van der Waals surface area contributed by atoms with Crippen molar-refractivity contribution in [2.75, 3.05) is 31.1 Å². The van der Waals surface area contributed by atoms with Crippen molar-refractivity contribution >= 4 is 17.3 Å². The third-order valence-corrected chi connectivity index (χ3v) is 6.39. The molecule has 1 aliphatic heterocycles. The maximum Gasteiger partial charge on any atom is 0.250 e. The number of rotatable bonds is 3. The normalized spacial score (nSPS) is 18.5. The van der Waals surface area contributed by atoms with Gasteiger partial charge in [0.05, 0.1) is 31.9 Å². The van der Waals surface area contributed by atoms with E-state index in [0.717, 1.165) is 10.5 Å². The molecule has 1 saturated heterocycles. The molecule has 0 aromatic heterocycles. The molecule has 0 saturated carbocycles. The van der Waals surface area contributed by atoms with Crippen LogP contribution in [0.4, 0.5) is 10.1 Å². The minimum atomic E-state index is -1.27. The van der Waals surface area contributed by atoms with Gasteiger partial charge in [-0.25, -0.2) is 4.39 Å². The molecule has 30 heavy (non-hydrogen) atoms. The summed E-state index contributed by atoms with van der Waals surface area (Å²) in [6.07, 6.45) is 0. The zero-order valence-corrected chi connectivity index (χ0v) is 16.5. The minimum absolute atomic E-state index is 0.136. The van der Waals surface area contributed by atoms with Crippen LogP contribution < -0.4 is 9.80 Å². The van der Waals surface area contributed by atoms with Gasteiger partial charge in [-0.2, -0.15) is 0 Å². The highest BCUT2D eigenvalue weighted by molar-refractivity contribution is 6.31. The number of nitrogens with one attached hydrogen (secondary N) is 1. The van der Waals surface area contributed by atoms with Gasteiger partial charge >= 0.3 is 0 Å². The molecule has 0 amide bonds. The number of para-hydroxylation sites is 1. The van der Waals surface area contributed by atoms with Crippen LogP contribution >= 0.6 is 0 Å². The van der Waals surface area contributed by atoms with Crippen molar-refractivity contribution in [1.82, 2.24) is 0 Å². The van der Waals surface area contributed by atoms with Crippen LogP contribution in [-0.2, 0) is 5.54 Å². The smallest absolute Gasteiger partial charge is 0.250 e. The number of hydrogen-bond donors (Lipinski definition) is 1. The minimum Gasteiger partial charge on any atom is -0.358 e. The Kier molecular flexibility index (Phi) is 4.48. The van der Waals surface area contributed by atoms with Crippen molar-refractivity contribution in [2.45, 2.75) is 5.54 Å². The summed E-state index contributed by atoms with van der Waals surface area (Å²) in [7, 11) is 0. The van der Waals surface area contributed by atoms with Crippen LogP contribution in [0.15, 0.2) is 78.9 Å². The van der Waals surface area contributed by atoms with Crippen molar-refractivity contribution in [1.29, 1.82) is 0 Å². The predicted octanol–water partition coefficient (Wildman–Crippen LogP) is 2.51. The predicted molar refractivity (Wildman–Crippen MR) is 113 cm³/mol. The SMILES string of the molecule is O=C1c2ccccc2C(=O)C1(c1ccccc1)[NH+]1CCN(c2ccccc2F)CC1. The topological polar surface area (TPSA) is 41.8 Å². The standard InChI is InChI=1S/C25H21FN2O2/c26-21-12-6-7-13-22(21)27-14-16-28(17-15-27)25(18-8-2-1-3-9-18)23(29)19-10-4-5-11-20(19)24(25)30/h1-13H,14-17H2/p+1. The van der Waals surface area contributed by atoms with Gasteiger partial charge in [-0.3, -0.25) is 9.59 Å². The maximum atomic E-state index is 14.3. The molecule has 1 N–H and O–H groups in total. The van der Waals surface area contributed by atoms with E-state index in [4.69, 9.17) is 0 Å². The van der Waals surface area contributed by atoms with Crippen molar-refractivity contribution < 1.29 is 18.9 Å². The number of carbonyl (C=O) groups is 2. The molecule has 5 rings (SSSR count). The number of carbonyl (C=O) groups excluding carboxylic acids is 2. The van der Waals surface area contributed by atoms with E-state index in [1.165, 1.54) is 6.07 Å². The summed E-state index contributed by atoms with van der Waals surface area (Å²) in [6, 6.07) is 23.2. The third kappa shape index (κ3) is 2.62. The fraction of sp³-hybridized carbons (Fsp3) is 0.200. The lowest BCUT2D eigenvalue weighted by Crippen LogP contribution is -3.23. The molecular weight excluding hydrogens is 379 g/mol. The molecule has 5 heteroatoms. The van der Waals surface area contributed by atoms with E-state index in [2.05, 4.69) is 0 Å². The Morgan fingerprint density at radius 1 is 0.733 bits per heavy atom. The summed E-state index contributed by atoms with van der Waals surface area (Å²) < 4.78 is 14.3. The van der Waals surface area contributed by atoms with Crippen molar-refractivity contribution in [3.8, 4) is 0 Å². The molecule has 3 aromatic rings. The maximum absolute atomic E-state index is 14.3. The first-order valence-electron chi connectivity index (χ1n) is 10.2. The second-order valence-electron chi connectivity index (χ2n) is 7.86. The fourth-order valence-electron chi connectivity index (χ4n) is 4.96. The van der Waals surface area contributed by atoms with Gasteiger partial charge in [0.25, 0.3) is 5.54 Å². The summed E-state index contributed by atoms with van der Waals surface area (Å²) >= 11 is 0. The lowest BCUT2D eigenvalue weighted by Gasteiger charge is -2.41. The molecule has 1 heterocycles. The van der Waals surface area contributed by atoms with E-state index in [9.17, 15) is 14.0 Å². The third-order valence-electron chi connectivity index (χ3n) is 6.39. The molecule has 150 valence electrons. The number of piperazine rings is 1. The van der Waals surface area contributed by atoms with Gasteiger partial charge in [0.1, 0.15) is 5.82 Å². The number of anilines is 1.